The van der Waals surface area contributed by atoms with E-state index in [0.717, 1.165) is 28.4 Å². The minimum absolute atomic E-state index is 0.580. The molecule has 0 saturated carbocycles. The minimum Gasteiger partial charge on any atom is -0.362 e. The Morgan fingerprint density at radius 3 is 2.88 bits per heavy atom. The normalized spacial score (nSPS) is 11.0. The lowest BCUT2D eigenvalue weighted by Crippen LogP contribution is -2.08. The van der Waals surface area contributed by atoms with E-state index in [2.05, 4.69) is 50.6 Å². The molecule has 0 aliphatic rings. The molecule has 0 aliphatic carbocycles. The second-order valence-electron chi connectivity index (χ2n) is 5.30. The van der Waals surface area contributed by atoms with Gasteiger partial charge in [-0.05, 0) is 18.6 Å². The van der Waals surface area contributed by atoms with E-state index < -0.39 is 0 Å². The Bertz CT molecular complexity index is 960. The molecular weight excluding hydrogens is 320 g/mol. The van der Waals surface area contributed by atoms with Crippen LogP contribution in [0.4, 0.5) is 5.82 Å². The molecule has 3 heterocycles. The summed E-state index contributed by atoms with van der Waals surface area (Å²) in [6.07, 6.45) is 3.34. The fraction of sp³-hybridized carbons (Fsp3) is 0.176. The zero-order chi connectivity index (χ0) is 16.4. The van der Waals surface area contributed by atoms with Crippen LogP contribution in [-0.2, 0) is 13.1 Å². The molecular formula is C17H16N6S. The van der Waals surface area contributed by atoms with E-state index in [1.165, 1.54) is 10.4 Å². The number of thiophene rings is 1. The molecule has 120 valence electrons. The molecule has 0 amide bonds. The van der Waals surface area contributed by atoms with Crippen LogP contribution in [0.25, 0.3) is 20.7 Å². The highest BCUT2D eigenvalue weighted by atomic mass is 32.1. The van der Waals surface area contributed by atoms with Crippen molar-refractivity contribution in [3.63, 3.8) is 0 Å². The summed E-state index contributed by atoms with van der Waals surface area (Å²) >= 11 is 1.67. The Hall–Kier alpha value is -2.80. The first-order valence-corrected chi connectivity index (χ1v) is 8.57. The van der Waals surface area contributed by atoms with E-state index in [1.807, 2.05) is 22.8 Å². The van der Waals surface area contributed by atoms with Crippen LogP contribution in [0.3, 0.4) is 0 Å². The minimum atomic E-state index is 0.580. The molecule has 7 heteroatoms. The summed E-state index contributed by atoms with van der Waals surface area (Å²) in [6, 6.07) is 12.5. The first kappa shape index (κ1) is 14.8. The van der Waals surface area contributed by atoms with Crippen molar-refractivity contribution < 1.29 is 0 Å². The van der Waals surface area contributed by atoms with Gasteiger partial charge in [0.1, 0.15) is 23.3 Å². The fourth-order valence-electron chi connectivity index (χ4n) is 2.58. The van der Waals surface area contributed by atoms with E-state index in [9.17, 15) is 0 Å². The van der Waals surface area contributed by atoms with Crippen molar-refractivity contribution in [1.82, 2.24) is 24.7 Å². The number of nitrogens with zero attached hydrogens (tertiary/aromatic N) is 5. The first-order valence-electron chi connectivity index (χ1n) is 7.75. The zero-order valence-electron chi connectivity index (χ0n) is 13.2. The summed E-state index contributed by atoms with van der Waals surface area (Å²) in [5.74, 6) is 1.71. The number of rotatable bonds is 5. The third-order valence-corrected chi connectivity index (χ3v) is 4.93. The van der Waals surface area contributed by atoms with Gasteiger partial charge in [0.15, 0.2) is 5.82 Å². The third-order valence-electron chi connectivity index (χ3n) is 3.84. The molecule has 4 rings (SSSR count). The first-order chi connectivity index (χ1) is 11.8. The van der Waals surface area contributed by atoms with Crippen LogP contribution < -0.4 is 5.32 Å². The number of anilines is 1. The highest BCUT2D eigenvalue weighted by Gasteiger charge is 2.11. The Labute approximate surface area is 143 Å². The van der Waals surface area contributed by atoms with Gasteiger partial charge in [-0.1, -0.05) is 30.3 Å². The van der Waals surface area contributed by atoms with Crippen LogP contribution in [0.1, 0.15) is 12.7 Å². The lowest BCUT2D eigenvalue weighted by molar-refractivity contribution is 0.707. The van der Waals surface area contributed by atoms with E-state index >= 15 is 0 Å². The Morgan fingerprint density at radius 2 is 2.04 bits per heavy atom. The van der Waals surface area contributed by atoms with Gasteiger partial charge in [0.2, 0.25) is 0 Å². The van der Waals surface area contributed by atoms with Gasteiger partial charge >= 0.3 is 0 Å². The lowest BCUT2D eigenvalue weighted by atomic mass is 10.2. The van der Waals surface area contributed by atoms with Crippen molar-refractivity contribution in [2.75, 3.05) is 5.32 Å². The van der Waals surface area contributed by atoms with Gasteiger partial charge in [-0.2, -0.15) is 0 Å². The topological polar surface area (TPSA) is 68.5 Å². The van der Waals surface area contributed by atoms with Gasteiger partial charge < -0.3 is 9.88 Å². The molecule has 0 spiro atoms. The summed E-state index contributed by atoms with van der Waals surface area (Å²) in [7, 11) is 0. The number of hydrogen-bond donors (Lipinski definition) is 1. The smallest absolute Gasteiger partial charge is 0.152 e. The van der Waals surface area contributed by atoms with Gasteiger partial charge in [0, 0.05) is 11.4 Å². The highest BCUT2D eigenvalue weighted by Crippen LogP contribution is 2.34. The largest absolute Gasteiger partial charge is 0.362 e. The lowest BCUT2D eigenvalue weighted by Gasteiger charge is -2.06. The van der Waals surface area contributed by atoms with Gasteiger partial charge in [-0.3, -0.25) is 0 Å². The van der Waals surface area contributed by atoms with Crippen molar-refractivity contribution in [2.24, 2.45) is 0 Å². The summed E-state index contributed by atoms with van der Waals surface area (Å²) in [5.41, 5.74) is 1.19. The second kappa shape index (κ2) is 6.37. The molecule has 6 nitrogen and oxygen atoms in total. The molecule has 0 saturated heterocycles. The average molecular weight is 336 g/mol. The quantitative estimate of drug-likeness (QED) is 0.603. The van der Waals surface area contributed by atoms with Crippen LogP contribution in [0.5, 0.6) is 0 Å². The monoisotopic (exact) mass is 336 g/mol. The SMILES string of the molecule is CCn1cnnc1CNc1ncnc2sc(-c3ccccc3)cc12. The van der Waals surface area contributed by atoms with Gasteiger partial charge in [-0.15, -0.1) is 21.5 Å². The van der Waals surface area contributed by atoms with E-state index in [-0.39, 0.29) is 0 Å². The summed E-state index contributed by atoms with van der Waals surface area (Å²) < 4.78 is 2.01. The molecule has 0 unspecified atom stereocenters. The van der Waals surface area contributed by atoms with Gasteiger partial charge in [-0.25, -0.2) is 9.97 Å². The molecule has 0 fully saturated rings. The van der Waals surface area contributed by atoms with E-state index in [4.69, 9.17) is 0 Å². The van der Waals surface area contributed by atoms with Gasteiger partial charge in [0.25, 0.3) is 0 Å². The van der Waals surface area contributed by atoms with Crippen LogP contribution in [0, 0.1) is 0 Å². The van der Waals surface area contributed by atoms with Crippen molar-refractivity contribution in [3.05, 3.63) is 54.9 Å². The Balaban J connectivity index is 1.65. The van der Waals surface area contributed by atoms with Crippen LogP contribution in [0.2, 0.25) is 0 Å². The van der Waals surface area contributed by atoms with Crippen LogP contribution in [0.15, 0.2) is 49.1 Å². The predicted molar refractivity (Wildman–Crippen MR) is 95.9 cm³/mol. The molecule has 4 aromatic rings. The second-order valence-corrected chi connectivity index (χ2v) is 6.34. The zero-order valence-corrected chi connectivity index (χ0v) is 14.0. The van der Waals surface area contributed by atoms with Crippen molar-refractivity contribution in [3.8, 4) is 10.4 Å². The molecule has 24 heavy (non-hydrogen) atoms. The summed E-state index contributed by atoms with van der Waals surface area (Å²) in [4.78, 5) is 11.0. The maximum atomic E-state index is 4.40. The maximum absolute atomic E-state index is 4.40. The fourth-order valence-corrected chi connectivity index (χ4v) is 3.59. The molecule has 0 bridgehead atoms. The predicted octanol–water partition coefficient (Wildman–Crippen LogP) is 3.58. The van der Waals surface area contributed by atoms with Crippen molar-refractivity contribution in [2.45, 2.75) is 20.0 Å². The van der Waals surface area contributed by atoms with Crippen molar-refractivity contribution >= 4 is 27.4 Å². The standard InChI is InChI=1S/C17H16N6S/c1-2-23-11-21-22-15(23)9-18-16-13-8-14(12-6-4-3-5-7-12)24-17(13)20-10-19-16/h3-8,10-11H,2,9H2,1H3,(H,18,19,20). The Kier molecular flexibility index (Phi) is 3.92. The number of fused-ring (bicyclic) bond motifs is 1. The molecule has 1 N–H and O–H groups in total. The highest BCUT2D eigenvalue weighted by molar-refractivity contribution is 7.21. The van der Waals surface area contributed by atoms with Gasteiger partial charge in [0.05, 0.1) is 11.9 Å². The molecule has 3 aromatic heterocycles. The molecule has 0 radical (unpaired) electrons. The summed E-state index contributed by atoms with van der Waals surface area (Å²) in [5, 5.41) is 12.5. The number of aromatic nitrogens is 5. The maximum Gasteiger partial charge on any atom is 0.152 e. The van der Waals surface area contributed by atoms with E-state index in [0.29, 0.717) is 6.54 Å². The molecule has 0 aliphatic heterocycles. The van der Waals surface area contributed by atoms with Crippen LogP contribution in [-0.4, -0.2) is 24.7 Å². The number of aryl methyl sites for hydroxylation is 1. The molecule has 1 aromatic carbocycles. The third kappa shape index (κ3) is 2.74. The van der Waals surface area contributed by atoms with Crippen molar-refractivity contribution in [1.29, 1.82) is 0 Å². The molecule has 0 atom stereocenters. The summed E-state index contributed by atoms with van der Waals surface area (Å²) in [6.45, 7) is 3.50. The number of benzene rings is 1. The number of nitrogens with one attached hydrogen (secondary N) is 1. The number of hydrogen-bond acceptors (Lipinski definition) is 6. The van der Waals surface area contributed by atoms with Crippen LogP contribution >= 0.6 is 11.3 Å². The Morgan fingerprint density at radius 1 is 1.17 bits per heavy atom. The van der Waals surface area contributed by atoms with E-state index in [1.54, 1.807) is 24.0 Å². The average Bonchev–Trinajstić information content (AvgIpc) is 3.27.